The van der Waals surface area contributed by atoms with Gasteiger partial charge in [0.2, 0.25) is 0 Å². The van der Waals surface area contributed by atoms with Gasteiger partial charge in [0.1, 0.15) is 15.7 Å². The van der Waals surface area contributed by atoms with Gasteiger partial charge in [0.05, 0.1) is 30.5 Å². The minimum absolute atomic E-state index is 0.0234. The van der Waals surface area contributed by atoms with Crippen LogP contribution in [0.5, 0.6) is 11.5 Å². The molecule has 39 heavy (non-hydrogen) atoms. The molecule has 13 heteroatoms. The van der Waals surface area contributed by atoms with Gasteiger partial charge < -0.3 is 14.8 Å². The van der Waals surface area contributed by atoms with Gasteiger partial charge in [0.15, 0.2) is 0 Å². The number of thiophene rings is 1. The third kappa shape index (κ3) is 6.16. The van der Waals surface area contributed by atoms with Gasteiger partial charge in [0, 0.05) is 24.4 Å². The number of rotatable bonds is 10. The van der Waals surface area contributed by atoms with Gasteiger partial charge in [-0.25, -0.2) is 16.8 Å². The highest BCUT2D eigenvalue weighted by Gasteiger charge is 2.22. The molecule has 0 fully saturated rings. The van der Waals surface area contributed by atoms with Crippen molar-refractivity contribution in [2.75, 3.05) is 35.6 Å². The predicted molar refractivity (Wildman–Crippen MR) is 151 cm³/mol. The van der Waals surface area contributed by atoms with Crippen LogP contribution in [0.15, 0.2) is 93.3 Å². The number of ether oxygens (including phenoxy) is 2. The molecular weight excluding hydrogens is 563 g/mol. The zero-order valence-electron chi connectivity index (χ0n) is 21.1. The van der Waals surface area contributed by atoms with Crippen molar-refractivity contribution in [2.45, 2.75) is 9.10 Å². The zero-order chi connectivity index (χ0) is 28.2. The molecule has 0 aliphatic heterocycles. The van der Waals surface area contributed by atoms with Crippen molar-refractivity contribution >= 4 is 54.4 Å². The monoisotopic (exact) mass is 587 g/mol. The first-order valence-corrected chi connectivity index (χ1v) is 15.1. The van der Waals surface area contributed by atoms with Gasteiger partial charge in [-0.15, -0.1) is 11.3 Å². The Morgan fingerprint density at radius 1 is 0.872 bits per heavy atom. The minimum Gasteiger partial charge on any atom is -0.497 e. The van der Waals surface area contributed by atoms with Gasteiger partial charge in [-0.2, -0.15) is 0 Å². The average Bonchev–Trinajstić information content (AvgIpc) is 3.49. The second kappa shape index (κ2) is 11.4. The molecule has 0 atom stereocenters. The van der Waals surface area contributed by atoms with Gasteiger partial charge >= 0.3 is 0 Å². The van der Waals surface area contributed by atoms with Crippen molar-refractivity contribution in [1.82, 2.24) is 0 Å². The van der Waals surface area contributed by atoms with Crippen LogP contribution in [-0.4, -0.2) is 44.0 Å². The van der Waals surface area contributed by atoms with E-state index in [-0.39, 0.29) is 14.8 Å². The van der Waals surface area contributed by atoms with Gasteiger partial charge in [-0.05, 0) is 72.1 Å². The number of anilines is 3. The van der Waals surface area contributed by atoms with E-state index < -0.39 is 26.0 Å². The summed E-state index contributed by atoms with van der Waals surface area (Å²) in [6.07, 6.45) is 0. The summed E-state index contributed by atoms with van der Waals surface area (Å²) in [5.74, 6) is 0.333. The van der Waals surface area contributed by atoms with E-state index in [4.69, 9.17) is 9.47 Å². The van der Waals surface area contributed by atoms with Crippen LogP contribution in [-0.2, 0) is 20.0 Å². The highest BCUT2D eigenvalue weighted by Crippen LogP contribution is 2.31. The molecule has 1 aromatic heterocycles. The summed E-state index contributed by atoms with van der Waals surface area (Å²) in [4.78, 5) is 12.7. The number of methoxy groups -OCH3 is 2. The first-order valence-electron chi connectivity index (χ1n) is 11.3. The Morgan fingerprint density at radius 3 is 2.15 bits per heavy atom. The number of nitrogens with zero attached hydrogens (tertiary/aromatic N) is 1. The normalized spacial score (nSPS) is 11.5. The second-order valence-electron chi connectivity index (χ2n) is 8.10. The van der Waals surface area contributed by atoms with Crippen molar-refractivity contribution in [3.05, 3.63) is 89.8 Å². The third-order valence-corrected chi connectivity index (χ3v) is 10.2. The van der Waals surface area contributed by atoms with Gasteiger partial charge in [0.25, 0.3) is 26.0 Å². The molecule has 0 radical (unpaired) electrons. The molecule has 0 saturated heterocycles. The summed E-state index contributed by atoms with van der Waals surface area (Å²) in [6.45, 7) is 0. The summed E-state index contributed by atoms with van der Waals surface area (Å²) in [6, 6.07) is 19.7. The molecule has 204 valence electrons. The summed E-state index contributed by atoms with van der Waals surface area (Å²) in [5.41, 5.74) is 1.28. The first-order chi connectivity index (χ1) is 18.5. The van der Waals surface area contributed by atoms with E-state index in [0.29, 0.717) is 28.4 Å². The number of carbonyl (C=O) groups is 1. The highest BCUT2D eigenvalue weighted by atomic mass is 32.2. The van der Waals surface area contributed by atoms with Crippen LogP contribution >= 0.6 is 11.3 Å². The van der Waals surface area contributed by atoms with Crippen LogP contribution in [0.25, 0.3) is 0 Å². The standard InChI is InChI=1S/C26H25N3O7S3/c1-29(39(33,34)25-5-4-16-37-25)20-10-6-18(7-11-20)26(30)27-19-8-13-22(14-9-19)38(31,32)28-23-17-21(35-2)12-15-24(23)36-3/h4-17,28H,1-3H3,(H,27,30). The van der Waals surface area contributed by atoms with Gasteiger partial charge in [-0.1, -0.05) is 6.07 Å². The summed E-state index contributed by atoms with van der Waals surface area (Å²) in [5, 5.41) is 4.39. The van der Waals surface area contributed by atoms with E-state index in [1.165, 1.54) is 81.9 Å². The number of hydrogen-bond donors (Lipinski definition) is 2. The van der Waals surface area contributed by atoms with Crippen LogP contribution in [0.2, 0.25) is 0 Å². The lowest BCUT2D eigenvalue weighted by Crippen LogP contribution is -2.25. The molecule has 4 aromatic rings. The fourth-order valence-electron chi connectivity index (χ4n) is 3.52. The molecule has 0 unspecified atom stereocenters. The van der Waals surface area contributed by atoms with E-state index >= 15 is 0 Å². The zero-order valence-corrected chi connectivity index (χ0v) is 23.6. The number of carbonyl (C=O) groups excluding carboxylic acids is 1. The Balaban J connectivity index is 1.44. The Hall–Kier alpha value is -4.07. The topological polar surface area (TPSA) is 131 Å². The van der Waals surface area contributed by atoms with Crippen LogP contribution in [0.1, 0.15) is 10.4 Å². The maximum Gasteiger partial charge on any atom is 0.273 e. The number of hydrogen-bond acceptors (Lipinski definition) is 8. The van der Waals surface area contributed by atoms with Crippen molar-refractivity contribution in [1.29, 1.82) is 0 Å². The lowest BCUT2D eigenvalue weighted by Gasteiger charge is -2.18. The molecule has 0 bridgehead atoms. The minimum atomic E-state index is -3.96. The Labute approximate surface area is 230 Å². The Bertz CT molecular complexity index is 1670. The Morgan fingerprint density at radius 2 is 1.56 bits per heavy atom. The molecule has 10 nitrogen and oxygen atoms in total. The predicted octanol–water partition coefficient (Wildman–Crippen LogP) is 4.64. The van der Waals surface area contributed by atoms with Crippen molar-refractivity contribution in [3.8, 4) is 11.5 Å². The lowest BCUT2D eigenvalue weighted by molar-refractivity contribution is 0.102. The molecule has 1 amide bonds. The van der Waals surface area contributed by atoms with Crippen molar-refractivity contribution < 1.29 is 31.1 Å². The van der Waals surface area contributed by atoms with Crippen molar-refractivity contribution in [2.24, 2.45) is 0 Å². The molecular formula is C26H25N3O7S3. The maximum atomic E-state index is 12.9. The van der Waals surface area contributed by atoms with E-state index in [9.17, 15) is 21.6 Å². The Kier molecular flexibility index (Phi) is 8.14. The molecule has 0 aliphatic rings. The quantitative estimate of drug-likeness (QED) is 0.276. The van der Waals surface area contributed by atoms with Crippen LogP contribution in [0.3, 0.4) is 0 Å². The summed E-state index contributed by atoms with van der Waals surface area (Å²) >= 11 is 1.12. The molecule has 1 heterocycles. The van der Waals surface area contributed by atoms with Crippen LogP contribution in [0, 0.1) is 0 Å². The molecule has 4 rings (SSSR count). The maximum absolute atomic E-state index is 12.9. The van der Waals surface area contributed by atoms with E-state index in [1.54, 1.807) is 23.6 Å². The van der Waals surface area contributed by atoms with E-state index in [0.717, 1.165) is 15.6 Å². The average molecular weight is 588 g/mol. The van der Waals surface area contributed by atoms with E-state index in [2.05, 4.69) is 10.0 Å². The fraction of sp³-hybridized carbons (Fsp3) is 0.115. The number of nitrogens with one attached hydrogen (secondary N) is 2. The SMILES string of the molecule is COc1ccc(OC)c(NS(=O)(=O)c2ccc(NC(=O)c3ccc(N(C)S(=O)(=O)c4cccs4)cc3)cc2)c1. The molecule has 3 aromatic carbocycles. The first kappa shape index (κ1) is 28.0. The summed E-state index contributed by atoms with van der Waals surface area (Å²) < 4.78 is 65.5. The molecule has 0 spiro atoms. The van der Waals surface area contributed by atoms with Crippen LogP contribution < -0.4 is 23.8 Å². The second-order valence-corrected chi connectivity index (χ2v) is 12.9. The molecule has 2 N–H and O–H groups in total. The number of benzene rings is 3. The van der Waals surface area contributed by atoms with Crippen LogP contribution in [0.4, 0.5) is 17.1 Å². The third-order valence-electron chi connectivity index (χ3n) is 5.68. The van der Waals surface area contributed by atoms with Gasteiger partial charge in [-0.3, -0.25) is 13.8 Å². The number of sulfonamides is 2. The fourth-order valence-corrected chi connectivity index (χ4v) is 6.94. The number of amides is 1. The molecule has 0 saturated carbocycles. The summed E-state index contributed by atoms with van der Waals surface area (Å²) in [7, 11) is -3.31. The highest BCUT2D eigenvalue weighted by molar-refractivity contribution is 7.94. The van der Waals surface area contributed by atoms with Crippen molar-refractivity contribution in [3.63, 3.8) is 0 Å². The molecule has 0 aliphatic carbocycles. The lowest BCUT2D eigenvalue weighted by atomic mass is 10.2. The largest absolute Gasteiger partial charge is 0.497 e. The smallest absolute Gasteiger partial charge is 0.273 e. The van der Waals surface area contributed by atoms with E-state index in [1.807, 2.05) is 0 Å².